The molecule has 2 amide bonds. The van der Waals surface area contributed by atoms with Crippen LogP contribution in [0.3, 0.4) is 0 Å². The third kappa shape index (κ3) is 5.09. The lowest BCUT2D eigenvalue weighted by molar-refractivity contribution is 0.146. The predicted molar refractivity (Wildman–Crippen MR) is 85.6 cm³/mol. The number of nitrogens with zero attached hydrogens (tertiary/aromatic N) is 3. The van der Waals surface area contributed by atoms with Crippen LogP contribution in [-0.4, -0.2) is 41.2 Å². The highest BCUT2D eigenvalue weighted by Crippen LogP contribution is 2.08. The Hall–Kier alpha value is -1.99. The molecule has 0 fully saturated rings. The molecule has 0 aliphatic carbocycles. The zero-order valence-electron chi connectivity index (χ0n) is 12.8. The maximum atomic E-state index is 12.3. The molecule has 0 aromatic carbocycles. The van der Waals surface area contributed by atoms with Gasteiger partial charge in [0.05, 0.1) is 23.9 Å². The third-order valence-electron chi connectivity index (χ3n) is 3.04. The summed E-state index contributed by atoms with van der Waals surface area (Å²) in [6.45, 7) is 3.89. The molecule has 0 atom stereocenters. The zero-order chi connectivity index (χ0) is 15.8. The Kier molecular flexibility index (Phi) is 6.29. The molecule has 22 heavy (non-hydrogen) atoms. The fourth-order valence-corrected chi connectivity index (χ4v) is 2.55. The number of pyridine rings is 1. The van der Waals surface area contributed by atoms with E-state index < -0.39 is 0 Å². The van der Waals surface area contributed by atoms with Crippen LogP contribution in [0.4, 0.5) is 4.79 Å². The van der Waals surface area contributed by atoms with Crippen LogP contribution in [-0.2, 0) is 17.8 Å². The number of urea groups is 1. The lowest BCUT2D eigenvalue weighted by Crippen LogP contribution is -2.41. The number of aryl methyl sites for hydroxylation is 1. The standard InChI is InChI=1S/C15H20N4O2S/c1-12-18-14(11-22-12)9-17-15(20)19(6-7-21-2)10-13-4-3-5-16-8-13/h3-5,8,11H,6-7,9-10H2,1-2H3,(H,17,20). The van der Waals surface area contributed by atoms with Crippen molar-refractivity contribution in [3.8, 4) is 0 Å². The molecule has 2 aromatic rings. The highest BCUT2D eigenvalue weighted by Gasteiger charge is 2.14. The van der Waals surface area contributed by atoms with E-state index in [-0.39, 0.29) is 6.03 Å². The van der Waals surface area contributed by atoms with Crippen molar-refractivity contribution in [1.29, 1.82) is 0 Å². The molecule has 0 aliphatic rings. The molecular weight excluding hydrogens is 300 g/mol. The maximum Gasteiger partial charge on any atom is 0.318 e. The summed E-state index contributed by atoms with van der Waals surface area (Å²) in [5.74, 6) is 0. The van der Waals surface area contributed by atoms with E-state index >= 15 is 0 Å². The van der Waals surface area contributed by atoms with Crippen molar-refractivity contribution in [2.75, 3.05) is 20.3 Å². The fraction of sp³-hybridized carbons (Fsp3) is 0.400. The van der Waals surface area contributed by atoms with Gasteiger partial charge in [0.1, 0.15) is 0 Å². The first kappa shape index (κ1) is 16.4. The topological polar surface area (TPSA) is 67.3 Å². The summed E-state index contributed by atoms with van der Waals surface area (Å²) in [7, 11) is 1.62. The molecule has 6 nitrogen and oxygen atoms in total. The van der Waals surface area contributed by atoms with Gasteiger partial charge in [0, 0.05) is 38.0 Å². The lowest BCUT2D eigenvalue weighted by atomic mass is 10.2. The largest absolute Gasteiger partial charge is 0.383 e. The summed E-state index contributed by atoms with van der Waals surface area (Å²) in [5.41, 5.74) is 1.86. The van der Waals surface area contributed by atoms with E-state index in [0.29, 0.717) is 26.2 Å². The van der Waals surface area contributed by atoms with Gasteiger partial charge in [0.2, 0.25) is 0 Å². The molecule has 1 N–H and O–H groups in total. The minimum atomic E-state index is -0.133. The predicted octanol–water partition coefficient (Wildman–Crippen LogP) is 2.20. The Bertz CT molecular complexity index is 588. The van der Waals surface area contributed by atoms with Crippen molar-refractivity contribution in [2.45, 2.75) is 20.0 Å². The first-order chi connectivity index (χ1) is 10.7. The fourth-order valence-electron chi connectivity index (χ4n) is 1.93. The molecule has 0 aliphatic heterocycles. The second-order valence-electron chi connectivity index (χ2n) is 4.79. The number of methoxy groups -OCH3 is 1. The summed E-state index contributed by atoms with van der Waals surface area (Å²) >= 11 is 1.58. The average molecular weight is 320 g/mol. The average Bonchev–Trinajstić information content (AvgIpc) is 2.95. The van der Waals surface area contributed by atoms with E-state index in [4.69, 9.17) is 4.74 Å². The van der Waals surface area contributed by atoms with Gasteiger partial charge in [-0.05, 0) is 18.6 Å². The number of hydrogen-bond donors (Lipinski definition) is 1. The van der Waals surface area contributed by atoms with Crippen LogP contribution in [0.1, 0.15) is 16.3 Å². The van der Waals surface area contributed by atoms with Gasteiger partial charge in [-0.1, -0.05) is 6.07 Å². The molecule has 2 rings (SSSR count). The number of hydrogen-bond acceptors (Lipinski definition) is 5. The van der Waals surface area contributed by atoms with Crippen LogP contribution >= 0.6 is 11.3 Å². The van der Waals surface area contributed by atoms with Gasteiger partial charge >= 0.3 is 6.03 Å². The Morgan fingerprint density at radius 1 is 1.50 bits per heavy atom. The van der Waals surface area contributed by atoms with E-state index in [0.717, 1.165) is 16.3 Å². The number of rotatable bonds is 7. The van der Waals surface area contributed by atoms with Crippen LogP contribution in [0.25, 0.3) is 0 Å². The van der Waals surface area contributed by atoms with E-state index in [1.807, 2.05) is 24.4 Å². The molecule has 2 aromatic heterocycles. The second kappa shape index (κ2) is 8.45. The number of carbonyl (C=O) groups excluding carboxylic acids is 1. The maximum absolute atomic E-state index is 12.3. The van der Waals surface area contributed by atoms with Crippen molar-refractivity contribution in [1.82, 2.24) is 20.2 Å². The Morgan fingerprint density at radius 3 is 3.00 bits per heavy atom. The van der Waals surface area contributed by atoms with Gasteiger partial charge in [-0.15, -0.1) is 11.3 Å². The number of amides is 2. The van der Waals surface area contributed by atoms with Crippen molar-refractivity contribution in [3.63, 3.8) is 0 Å². The summed E-state index contributed by atoms with van der Waals surface area (Å²) in [4.78, 5) is 22.5. The van der Waals surface area contributed by atoms with E-state index in [1.165, 1.54) is 0 Å². The van der Waals surface area contributed by atoms with Crippen molar-refractivity contribution >= 4 is 17.4 Å². The van der Waals surface area contributed by atoms with Gasteiger partial charge in [0.15, 0.2) is 0 Å². The number of nitrogens with one attached hydrogen (secondary N) is 1. The Labute approximate surface area is 134 Å². The normalized spacial score (nSPS) is 10.5. The first-order valence-corrected chi connectivity index (χ1v) is 7.88. The molecule has 0 saturated carbocycles. The minimum Gasteiger partial charge on any atom is -0.383 e. The van der Waals surface area contributed by atoms with Crippen LogP contribution < -0.4 is 5.32 Å². The van der Waals surface area contributed by atoms with Gasteiger partial charge in [-0.3, -0.25) is 4.98 Å². The quantitative estimate of drug-likeness (QED) is 0.849. The molecule has 118 valence electrons. The highest BCUT2D eigenvalue weighted by atomic mass is 32.1. The number of ether oxygens (including phenoxy) is 1. The van der Waals surface area contributed by atoms with E-state index in [9.17, 15) is 4.79 Å². The minimum absolute atomic E-state index is 0.133. The van der Waals surface area contributed by atoms with Gasteiger partial charge in [-0.2, -0.15) is 0 Å². The number of carbonyl (C=O) groups is 1. The molecule has 7 heteroatoms. The molecule has 0 spiro atoms. The van der Waals surface area contributed by atoms with Crippen LogP contribution in [0.15, 0.2) is 29.9 Å². The zero-order valence-corrected chi connectivity index (χ0v) is 13.6. The monoisotopic (exact) mass is 320 g/mol. The van der Waals surface area contributed by atoms with Gasteiger partial charge in [0.25, 0.3) is 0 Å². The first-order valence-electron chi connectivity index (χ1n) is 7.00. The smallest absolute Gasteiger partial charge is 0.318 e. The lowest BCUT2D eigenvalue weighted by Gasteiger charge is -2.22. The number of thiazole rings is 1. The van der Waals surface area contributed by atoms with Gasteiger partial charge < -0.3 is 15.0 Å². The highest BCUT2D eigenvalue weighted by molar-refractivity contribution is 7.09. The summed E-state index contributed by atoms with van der Waals surface area (Å²) in [6.07, 6.45) is 3.48. The third-order valence-corrected chi connectivity index (χ3v) is 3.86. The molecule has 2 heterocycles. The van der Waals surface area contributed by atoms with Crippen LogP contribution in [0.5, 0.6) is 0 Å². The molecule has 0 unspecified atom stereocenters. The number of aromatic nitrogens is 2. The molecule has 0 bridgehead atoms. The van der Waals surface area contributed by atoms with Crippen LogP contribution in [0.2, 0.25) is 0 Å². The van der Waals surface area contributed by atoms with Crippen molar-refractivity contribution < 1.29 is 9.53 Å². The van der Waals surface area contributed by atoms with E-state index in [1.54, 1.807) is 35.7 Å². The van der Waals surface area contributed by atoms with Crippen molar-refractivity contribution in [3.05, 3.63) is 46.2 Å². The van der Waals surface area contributed by atoms with Gasteiger partial charge in [-0.25, -0.2) is 9.78 Å². The Balaban J connectivity index is 1.93. The van der Waals surface area contributed by atoms with E-state index in [2.05, 4.69) is 15.3 Å². The second-order valence-corrected chi connectivity index (χ2v) is 5.85. The molecular formula is C15H20N4O2S. The summed E-state index contributed by atoms with van der Waals surface area (Å²) in [6, 6.07) is 3.68. The SMILES string of the molecule is COCCN(Cc1cccnc1)C(=O)NCc1csc(C)n1. The Morgan fingerprint density at radius 2 is 2.36 bits per heavy atom. The summed E-state index contributed by atoms with van der Waals surface area (Å²) in [5, 5.41) is 5.85. The molecule has 0 radical (unpaired) electrons. The van der Waals surface area contributed by atoms with Crippen molar-refractivity contribution in [2.24, 2.45) is 0 Å². The van der Waals surface area contributed by atoms with Crippen LogP contribution in [0, 0.1) is 6.92 Å². The molecule has 0 saturated heterocycles. The summed E-state index contributed by atoms with van der Waals surface area (Å²) < 4.78 is 5.08.